The maximum absolute atomic E-state index is 14.0. The second kappa shape index (κ2) is 5.73. The molecule has 122 valence electrons. The van der Waals surface area contributed by atoms with Crippen LogP contribution in [0.3, 0.4) is 0 Å². The Balaban J connectivity index is 2.41. The summed E-state index contributed by atoms with van der Waals surface area (Å²) in [4.78, 5) is 24.5. The van der Waals surface area contributed by atoms with Crippen LogP contribution in [0.5, 0.6) is 0 Å². The average molecular weight is 323 g/mol. The summed E-state index contributed by atoms with van der Waals surface area (Å²) in [7, 11) is 0. The van der Waals surface area contributed by atoms with E-state index in [-0.39, 0.29) is 35.2 Å². The number of carbonyl (C=O) groups is 1. The van der Waals surface area contributed by atoms with Gasteiger partial charge in [0.25, 0.3) is 0 Å². The van der Waals surface area contributed by atoms with Crippen LogP contribution in [0, 0.1) is 11.6 Å². The first-order chi connectivity index (χ1) is 11.0. The van der Waals surface area contributed by atoms with Gasteiger partial charge in [-0.05, 0) is 19.4 Å². The molecule has 1 aromatic heterocycles. The van der Waals surface area contributed by atoms with E-state index in [0.717, 1.165) is 6.07 Å². The zero-order valence-corrected chi connectivity index (χ0v) is 12.7. The van der Waals surface area contributed by atoms with Crippen molar-refractivity contribution >= 4 is 16.9 Å². The molecule has 2 heterocycles. The van der Waals surface area contributed by atoms with Crippen LogP contribution < -0.4 is 5.43 Å². The van der Waals surface area contributed by atoms with Crippen LogP contribution in [-0.4, -0.2) is 17.1 Å². The third kappa shape index (κ3) is 2.31. The summed E-state index contributed by atoms with van der Waals surface area (Å²) in [6.45, 7) is 3.44. The van der Waals surface area contributed by atoms with Crippen LogP contribution in [0.4, 0.5) is 8.78 Å². The Morgan fingerprint density at radius 2 is 2.17 bits per heavy atom. The van der Waals surface area contributed by atoms with Gasteiger partial charge in [0.15, 0.2) is 11.6 Å². The van der Waals surface area contributed by atoms with Crippen molar-refractivity contribution in [1.29, 1.82) is 0 Å². The van der Waals surface area contributed by atoms with E-state index in [4.69, 9.17) is 9.47 Å². The van der Waals surface area contributed by atoms with Crippen molar-refractivity contribution in [2.24, 2.45) is 0 Å². The molecule has 0 aliphatic carbocycles. The van der Waals surface area contributed by atoms with Gasteiger partial charge in [0, 0.05) is 11.8 Å². The van der Waals surface area contributed by atoms with E-state index in [1.165, 1.54) is 10.8 Å². The van der Waals surface area contributed by atoms with Gasteiger partial charge in [0.2, 0.25) is 5.43 Å². The van der Waals surface area contributed by atoms with Crippen LogP contribution in [0.25, 0.3) is 10.9 Å². The third-order valence-electron chi connectivity index (χ3n) is 3.88. The Bertz CT molecular complexity index is 860. The molecule has 0 amide bonds. The zero-order chi connectivity index (χ0) is 16.7. The third-order valence-corrected chi connectivity index (χ3v) is 3.88. The quantitative estimate of drug-likeness (QED) is 0.815. The van der Waals surface area contributed by atoms with Gasteiger partial charge in [-0.15, -0.1) is 0 Å². The van der Waals surface area contributed by atoms with Crippen molar-refractivity contribution in [1.82, 2.24) is 4.57 Å². The van der Waals surface area contributed by atoms with Gasteiger partial charge in [-0.1, -0.05) is 6.92 Å². The van der Waals surface area contributed by atoms with Crippen molar-refractivity contribution in [3.63, 3.8) is 0 Å². The van der Waals surface area contributed by atoms with Crippen molar-refractivity contribution in [3.8, 4) is 0 Å². The number of hydrogen-bond acceptors (Lipinski definition) is 4. The molecule has 1 atom stereocenters. The van der Waals surface area contributed by atoms with E-state index in [0.29, 0.717) is 6.42 Å². The molecule has 1 unspecified atom stereocenters. The minimum atomic E-state index is -1.14. The molecule has 0 fully saturated rings. The van der Waals surface area contributed by atoms with Gasteiger partial charge in [0.1, 0.15) is 11.8 Å². The smallest absolute Gasteiger partial charge is 0.343 e. The zero-order valence-electron chi connectivity index (χ0n) is 12.7. The van der Waals surface area contributed by atoms with Gasteiger partial charge >= 0.3 is 5.97 Å². The number of esters is 1. The first-order valence-electron chi connectivity index (χ1n) is 7.34. The van der Waals surface area contributed by atoms with Crippen molar-refractivity contribution in [3.05, 3.63) is 45.2 Å². The lowest BCUT2D eigenvalue weighted by molar-refractivity contribution is -0.0194. The summed E-state index contributed by atoms with van der Waals surface area (Å²) >= 11 is 0. The predicted octanol–water partition coefficient (Wildman–Crippen LogP) is 2.90. The van der Waals surface area contributed by atoms with E-state index in [9.17, 15) is 18.4 Å². The monoisotopic (exact) mass is 323 g/mol. The van der Waals surface area contributed by atoms with Gasteiger partial charge < -0.3 is 14.0 Å². The largest absolute Gasteiger partial charge is 0.462 e. The fourth-order valence-electron chi connectivity index (χ4n) is 2.83. The first-order valence-corrected chi connectivity index (χ1v) is 7.34. The molecule has 0 saturated carbocycles. The van der Waals surface area contributed by atoms with E-state index in [1.54, 1.807) is 6.92 Å². The molecule has 0 saturated heterocycles. The van der Waals surface area contributed by atoms with E-state index in [2.05, 4.69) is 0 Å². The van der Waals surface area contributed by atoms with Gasteiger partial charge in [-0.2, -0.15) is 0 Å². The molecular formula is C16H15F2NO4. The summed E-state index contributed by atoms with van der Waals surface area (Å²) in [5.74, 6) is -2.98. The molecule has 1 aliphatic heterocycles. The van der Waals surface area contributed by atoms with E-state index in [1.807, 2.05) is 6.92 Å². The molecule has 0 bridgehead atoms. The van der Waals surface area contributed by atoms with Crippen LogP contribution in [0.2, 0.25) is 0 Å². The molecule has 5 nitrogen and oxygen atoms in total. The summed E-state index contributed by atoms with van der Waals surface area (Å²) in [6, 6.07) is 0.827. The minimum absolute atomic E-state index is 0.0165. The summed E-state index contributed by atoms with van der Waals surface area (Å²) in [5, 5.41) is -0.0498. The highest BCUT2D eigenvalue weighted by atomic mass is 19.2. The molecule has 23 heavy (non-hydrogen) atoms. The lowest BCUT2D eigenvalue weighted by Crippen LogP contribution is -2.27. The Morgan fingerprint density at radius 3 is 2.83 bits per heavy atom. The highest BCUT2D eigenvalue weighted by Gasteiger charge is 2.28. The van der Waals surface area contributed by atoms with Gasteiger partial charge in [-0.3, -0.25) is 4.79 Å². The number of hydrogen-bond donors (Lipinski definition) is 0. The molecule has 0 N–H and O–H groups in total. The van der Waals surface area contributed by atoms with Crippen LogP contribution in [-0.2, 0) is 16.1 Å². The molecule has 0 spiro atoms. The normalized spacial score (nSPS) is 16.6. The Hall–Kier alpha value is -2.28. The van der Waals surface area contributed by atoms with E-state index < -0.39 is 29.3 Å². The fourth-order valence-corrected chi connectivity index (χ4v) is 2.83. The molecule has 1 aromatic carbocycles. The summed E-state index contributed by atoms with van der Waals surface area (Å²) in [5.41, 5.74) is -0.649. The number of aromatic nitrogens is 1. The maximum atomic E-state index is 14.0. The van der Waals surface area contributed by atoms with Crippen molar-refractivity contribution in [2.45, 2.75) is 33.1 Å². The van der Waals surface area contributed by atoms with Crippen LogP contribution >= 0.6 is 0 Å². The molecule has 0 radical (unpaired) electrons. The number of rotatable bonds is 3. The topological polar surface area (TPSA) is 57.5 Å². The summed E-state index contributed by atoms with van der Waals surface area (Å²) < 4.78 is 39.7. The second-order valence-corrected chi connectivity index (χ2v) is 5.22. The summed E-state index contributed by atoms with van der Waals surface area (Å²) in [6.07, 6.45) is 1.37. The maximum Gasteiger partial charge on any atom is 0.343 e. The molecule has 7 heteroatoms. The lowest BCUT2D eigenvalue weighted by Gasteiger charge is -2.29. The Labute approximate surface area is 130 Å². The Morgan fingerprint density at radius 1 is 1.43 bits per heavy atom. The number of benzene rings is 1. The highest BCUT2D eigenvalue weighted by molar-refractivity contribution is 5.94. The molecule has 1 aliphatic rings. The highest BCUT2D eigenvalue weighted by Crippen LogP contribution is 2.32. The number of nitrogens with zero attached hydrogens (tertiary/aromatic N) is 1. The first kappa shape index (κ1) is 15.6. The standard InChI is InChI=1S/C16H15F2NO4/c1-3-12-19-6-9(16(21)22-4-2)15(20)8-5-11(17)13(18)10(7-23-12)14(8)19/h5-6,12H,3-4,7H2,1-2H3. The van der Waals surface area contributed by atoms with Crippen molar-refractivity contribution < 1.29 is 23.0 Å². The minimum Gasteiger partial charge on any atom is -0.462 e. The molecule has 2 aromatic rings. The van der Waals surface area contributed by atoms with Crippen molar-refractivity contribution in [2.75, 3.05) is 6.61 Å². The number of carbonyl (C=O) groups excluding carboxylic acids is 1. The van der Waals surface area contributed by atoms with Crippen LogP contribution in [0.15, 0.2) is 17.1 Å². The number of ether oxygens (including phenoxy) is 2. The fraction of sp³-hybridized carbons (Fsp3) is 0.375. The van der Waals surface area contributed by atoms with Gasteiger partial charge in [-0.25, -0.2) is 13.6 Å². The average Bonchev–Trinajstić information content (AvgIpc) is 2.54. The number of pyridine rings is 1. The predicted molar refractivity (Wildman–Crippen MR) is 78.2 cm³/mol. The van der Waals surface area contributed by atoms with Gasteiger partial charge in [0.05, 0.1) is 24.1 Å². The van der Waals surface area contributed by atoms with Crippen LogP contribution in [0.1, 0.15) is 42.4 Å². The van der Waals surface area contributed by atoms with E-state index >= 15 is 0 Å². The second-order valence-electron chi connectivity index (χ2n) is 5.22. The Kier molecular flexibility index (Phi) is 3.89. The SMILES string of the molecule is CCOC(=O)c1cn2c3c(c(F)c(F)cc3c1=O)COC2CC. The molecular weight excluding hydrogens is 308 g/mol. The number of halogens is 2. The lowest BCUT2D eigenvalue weighted by atomic mass is 10.0. The molecule has 3 rings (SSSR count).